The molecule has 1 aromatic carbocycles. The molecule has 2 heterocycles. The molecule has 0 spiro atoms. The predicted octanol–water partition coefficient (Wildman–Crippen LogP) is 3.65. The van der Waals surface area contributed by atoms with Crippen LogP contribution in [0, 0.1) is 10.7 Å². The van der Waals surface area contributed by atoms with Crippen LogP contribution in [0.1, 0.15) is 39.0 Å². The number of halogens is 1. The van der Waals surface area contributed by atoms with Gasteiger partial charge in [0.15, 0.2) is 10.6 Å². The van der Waals surface area contributed by atoms with E-state index in [-0.39, 0.29) is 17.7 Å². The number of benzene rings is 1. The number of likely N-dealkylation sites (tertiary alicyclic amines) is 1. The van der Waals surface area contributed by atoms with Crippen molar-refractivity contribution >= 4 is 35.6 Å². The van der Waals surface area contributed by atoms with Crippen LogP contribution in [0.2, 0.25) is 5.02 Å². The normalized spacial score (nSPS) is 14.8. The van der Waals surface area contributed by atoms with Gasteiger partial charge < -0.3 is 10.6 Å². The maximum Gasteiger partial charge on any atom is 0.224 e. The Labute approximate surface area is 186 Å². The van der Waals surface area contributed by atoms with Crippen molar-refractivity contribution in [3.8, 4) is 11.4 Å². The number of carbonyl (C=O) groups excluding carboxylic acids is 2. The molecule has 0 aliphatic carbocycles. The average molecular weight is 450 g/mol. The largest absolute Gasteiger partial charge is 0.369 e. The number of aromatic nitrogens is 3. The Kier molecular flexibility index (Phi) is 7.66. The maximum absolute atomic E-state index is 12.6. The van der Waals surface area contributed by atoms with Crippen LogP contribution in [0.25, 0.3) is 11.4 Å². The van der Waals surface area contributed by atoms with Crippen molar-refractivity contribution < 1.29 is 9.59 Å². The fourth-order valence-corrected chi connectivity index (χ4v) is 4.13. The number of hydrogen-bond acceptors (Lipinski definition) is 4. The topological polar surface area (TPSA) is 86.2 Å². The molecule has 0 unspecified atom stereocenters. The third-order valence-electron chi connectivity index (χ3n) is 5.55. The highest BCUT2D eigenvalue weighted by Crippen LogP contribution is 2.22. The SMILES string of the molecule is CCCCn1c(-c2ccc(Cl)cc2)nn(CCC(=O)N2CCC(C(N)=O)CC2)c1=S. The summed E-state index contributed by atoms with van der Waals surface area (Å²) in [6.45, 7) is 4.47. The summed E-state index contributed by atoms with van der Waals surface area (Å²) in [5, 5.41) is 5.38. The molecule has 1 aliphatic heterocycles. The summed E-state index contributed by atoms with van der Waals surface area (Å²) < 4.78 is 4.39. The van der Waals surface area contributed by atoms with Gasteiger partial charge in [0.2, 0.25) is 11.8 Å². The summed E-state index contributed by atoms with van der Waals surface area (Å²) in [5.41, 5.74) is 6.32. The smallest absolute Gasteiger partial charge is 0.224 e. The van der Waals surface area contributed by atoms with Crippen molar-refractivity contribution in [1.82, 2.24) is 19.2 Å². The highest BCUT2D eigenvalue weighted by molar-refractivity contribution is 7.71. The molecule has 1 aliphatic rings. The number of carbonyl (C=O) groups is 2. The van der Waals surface area contributed by atoms with Gasteiger partial charge in [0.05, 0.1) is 6.54 Å². The number of unbranched alkanes of at least 4 members (excludes halogenated alkanes) is 1. The highest BCUT2D eigenvalue weighted by Gasteiger charge is 2.25. The lowest BCUT2D eigenvalue weighted by Crippen LogP contribution is -2.42. The molecule has 1 aromatic heterocycles. The van der Waals surface area contributed by atoms with Gasteiger partial charge in [0.25, 0.3) is 0 Å². The number of hydrogen-bond donors (Lipinski definition) is 1. The fourth-order valence-electron chi connectivity index (χ4n) is 3.69. The van der Waals surface area contributed by atoms with Crippen molar-refractivity contribution in [2.75, 3.05) is 13.1 Å². The van der Waals surface area contributed by atoms with Crippen LogP contribution in [-0.2, 0) is 22.7 Å². The van der Waals surface area contributed by atoms with Gasteiger partial charge in [-0.2, -0.15) is 5.10 Å². The lowest BCUT2D eigenvalue weighted by Gasteiger charge is -2.30. The summed E-state index contributed by atoms with van der Waals surface area (Å²) in [4.78, 5) is 25.8. The highest BCUT2D eigenvalue weighted by atomic mass is 35.5. The van der Waals surface area contributed by atoms with Gasteiger partial charge in [-0.05, 0) is 55.7 Å². The van der Waals surface area contributed by atoms with Gasteiger partial charge in [-0.1, -0.05) is 24.9 Å². The molecule has 7 nitrogen and oxygen atoms in total. The molecule has 2 amide bonds. The lowest BCUT2D eigenvalue weighted by molar-refractivity contribution is -0.135. The molecular formula is C21H28ClN5O2S. The van der Waals surface area contributed by atoms with Crippen LogP contribution >= 0.6 is 23.8 Å². The average Bonchev–Trinajstić information content (AvgIpc) is 3.06. The fraction of sp³-hybridized carbons (Fsp3) is 0.524. The summed E-state index contributed by atoms with van der Waals surface area (Å²) in [7, 11) is 0. The molecule has 9 heteroatoms. The third kappa shape index (κ3) is 5.29. The number of amides is 2. The van der Waals surface area contributed by atoms with Crippen LogP contribution in [0.4, 0.5) is 0 Å². The number of nitrogens with zero attached hydrogens (tertiary/aromatic N) is 4. The van der Waals surface area contributed by atoms with E-state index in [1.165, 1.54) is 0 Å². The van der Waals surface area contributed by atoms with Crippen molar-refractivity contribution in [3.63, 3.8) is 0 Å². The Morgan fingerprint density at radius 1 is 1.20 bits per heavy atom. The van der Waals surface area contributed by atoms with Crippen LogP contribution in [0.15, 0.2) is 24.3 Å². The zero-order valence-corrected chi connectivity index (χ0v) is 18.8. The minimum atomic E-state index is -0.277. The summed E-state index contributed by atoms with van der Waals surface area (Å²) in [5.74, 6) is 0.440. The van der Waals surface area contributed by atoms with Gasteiger partial charge in [0, 0.05) is 42.6 Å². The third-order valence-corrected chi connectivity index (χ3v) is 6.23. The summed E-state index contributed by atoms with van der Waals surface area (Å²) in [6, 6.07) is 7.53. The lowest BCUT2D eigenvalue weighted by atomic mass is 9.96. The molecule has 30 heavy (non-hydrogen) atoms. The van der Waals surface area contributed by atoms with Gasteiger partial charge in [0.1, 0.15) is 0 Å². The number of rotatable bonds is 8. The zero-order valence-electron chi connectivity index (χ0n) is 17.2. The van der Waals surface area contributed by atoms with Crippen molar-refractivity contribution in [2.45, 2.75) is 52.1 Å². The Bertz CT molecular complexity index is 945. The van der Waals surface area contributed by atoms with E-state index in [2.05, 4.69) is 6.92 Å². The van der Waals surface area contributed by atoms with Crippen molar-refractivity contribution in [1.29, 1.82) is 0 Å². The van der Waals surface area contributed by atoms with Gasteiger partial charge in [-0.3, -0.25) is 14.2 Å². The number of aryl methyl sites for hydroxylation is 1. The molecule has 0 atom stereocenters. The molecule has 0 saturated carbocycles. The Morgan fingerprint density at radius 3 is 2.47 bits per heavy atom. The van der Waals surface area contributed by atoms with E-state index in [0.717, 1.165) is 30.8 Å². The van der Waals surface area contributed by atoms with Gasteiger partial charge >= 0.3 is 0 Å². The first-order valence-corrected chi connectivity index (χ1v) is 11.2. The van der Waals surface area contributed by atoms with Crippen LogP contribution in [0.3, 0.4) is 0 Å². The predicted molar refractivity (Wildman–Crippen MR) is 120 cm³/mol. The molecule has 0 radical (unpaired) electrons. The van der Waals surface area contributed by atoms with Crippen LogP contribution in [-0.4, -0.2) is 44.2 Å². The van der Waals surface area contributed by atoms with E-state index in [0.29, 0.717) is 48.7 Å². The first-order valence-electron chi connectivity index (χ1n) is 10.4. The molecular weight excluding hydrogens is 422 g/mol. The first kappa shape index (κ1) is 22.5. The second-order valence-electron chi connectivity index (χ2n) is 7.65. The Hall–Kier alpha value is -2.19. The monoisotopic (exact) mass is 449 g/mol. The maximum atomic E-state index is 12.6. The molecule has 2 aromatic rings. The standard InChI is InChI=1S/C21H28ClN5O2S/c1-2-3-11-26-20(16-4-6-17(22)7-5-16)24-27(21(26)30)14-10-18(28)25-12-8-15(9-13-25)19(23)29/h4-7,15H,2-3,8-14H2,1H3,(H2,23,29). The van der Waals surface area contributed by atoms with Crippen LogP contribution < -0.4 is 5.73 Å². The summed E-state index contributed by atoms with van der Waals surface area (Å²) >= 11 is 11.7. The van der Waals surface area contributed by atoms with E-state index in [9.17, 15) is 9.59 Å². The van der Waals surface area contributed by atoms with Crippen molar-refractivity contribution in [2.24, 2.45) is 11.7 Å². The van der Waals surface area contributed by atoms with Gasteiger partial charge in [-0.15, -0.1) is 0 Å². The molecule has 162 valence electrons. The Balaban J connectivity index is 1.71. The first-order chi connectivity index (χ1) is 14.4. The van der Waals surface area contributed by atoms with Crippen LogP contribution in [0.5, 0.6) is 0 Å². The minimum Gasteiger partial charge on any atom is -0.369 e. The number of primary amides is 1. The second kappa shape index (κ2) is 10.2. The quantitative estimate of drug-likeness (QED) is 0.623. The molecule has 0 bridgehead atoms. The minimum absolute atomic E-state index is 0.0518. The van der Waals surface area contributed by atoms with E-state index < -0.39 is 0 Å². The number of piperidine rings is 1. The molecule has 1 saturated heterocycles. The second-order valence-corrected chi connectivity index (χ2v) is 8.45. The zero-order chi connectivity index (χ0) is 21.7. The molecule has 3 rings (SSSR count). The molecule has 1 fully saturated rings. The van der Waals surface area contributed by atoms with E-state index >= 15 is 0 Å². The van der Waals surface area contributed by atoms with Crippen molar-refractivity contribution in [3.05, 3.63) is 34.1 Å². The molecule has 2 N–H and O–H groups in total. The van der Waals surface area contributed by atoms with E-state index in [1.807, 2.05) is 28.8 Å². The van der Waals surface area contributed by atoms with E-state index in [1.54, 1.807) is 9.58 Å². The number of nitrogens with two attached hydrogens (primary N) is 1. The Morgan fingerprint density at radius 2 is 1.87 bits per heavy atom. The summed E-state index contributed by atoms with van der Waals surface area (Å²) in [6.07, 6.45) is 3.63. The van der Waals surface area contributed by atoms with Gasteiger partial charge in [-0.25, -0.2) is 4.68 Å². The van der Waals surface area contributed by atoms with E-state index in [4.69, 9.17) is 34.7 Å².